The first kappa shape index (κ1) is 14.0. The average molecular weight is 253 g/mol. The fraction of sp³-hybridized carbons (Fsp3) is 0.333. The monoisotopic (exact) mass is 253 g/mol. The number of carboxylic acid groups (broad SMARTS) is 1. The Bertz CT molecular complexity index is 393. The highest BCUT2D eigenvalue weighted by molar-refractivity contribution is 5.72. The van der Waals surface area contributed by atoms with E-state index in [0.29, 0.717) is 0 Å². The molecule has 0 spiro atoms. The Morgan fingerprint density at radius 1 is 1.28 bits per heavy atom. The Morgan fingerprint density at radius 2 is 1.94 bits per heavy atom. The van der Waals surface area contributed by atoms with E-state index in [9.17, 15) is 9.59 Å². The molecule has 1 aromatic rings. The smallest absolute Gasteiger partial charge is 0.407 e. The number of alkyl carbamates (subject to hydrolysis) is 1. The fourth-order valence-electron chi connectivity index (χ4n) is 1.21. The second-order valence-corrected chi connectivity index (χ2v) is 3.63. The van der Waals surface area contributed by atoms with Gasteiger partial charge in [0.25, 0.3) is 0 Å². The molecule has 6 heteroatoms. The molecular weight excluding hydrogens is 238 g/mol. The van der Waals surface area contributed by atoms with Crippen molar-refractivity contribution in [2.24, 2.45) is 0 Å². The summed E-state index contributed by atoms with van der Waals surface area (Å²) < 4.78 is 4.89. The fourth-order valence-corrected chi connectivity index (χ4v) is 1.21. The minimum atomic E-state index is -1.47. The van der Waals surface area contributed by atoms with E-state index in [4.69, 9.17) is 14.9 Å². The maximum Gasteiger partial charge on any atom is 0.407 e. The predicted octanol–water partition coefficient (Wildman–Crippen LogP) is 0.748. The zero-order chi connectivity index (χ0) is 13.4. The van der Waals surface area contributed by atoms with Crippen LogP contribution in [0.15, 0.2) is 30.3 Å². The molecule has 0 fully saturated rings. The van der Waals surface area contributed by atoms with Gasteiger partial charge in [-0.25, -0.2) is 9.59 Å². The zero-order valence-electron chi connectivity index (χ0n) is 9.70. The van der Waals surface area contributed by atoms with E-state index < -0.39 is 18.2 Å². The number of aliphatic hydroxyl groups excluding tert-OH is 1. The lowest BCUT2D eigenvalue weighted by molar-refractivity contribution is -0.146. The molecule has 3 N–H and O–H groups in total. The number of aliphatic hydroxyl groups is 1. The van der Waals surface area contributed by atoms with Gasteiger partial charge in [-0.1, -0.05) is 30.3 Å². The lowest BCUT2D eigenvalue weighted by atomic mass is 10.2. The summed E-state index contributed by atoms with van der Waals surface area (Å²) in [5.74, 6) is -1.31. The zero-order valence-corrected chi connectivity index (χ0v) is 9.70. The topological polar surface area (TPSA) is 95.9 Å². The Kier molecular flexibility index (Phi) is 5.66. The molecule has 0 aliphatic heterocycles. The molecule has 6 nitrogen and oxygen atoms in total. The van der Waals surface area contributed by atoms with Crippen molar-refractivity contribution in [3.63, 3.8) is 0 Å². The number of rotatable bonds is 6. The summed E-state index contributed by atoms with van der Waals surface area (Å²) in [5, 5.41) is 19.7. The first-order valence-corrected chi connectivity index (χ1v) is 5.45. The standard InChI is InChI=1S/C12H15NO5/c14-10(11(15)16)6-7-13-12(17)18-8-9-4-2-1-3-5-9/h1-5,10,14H,6-8H2,(H,13,17)(H,15,16)/t10-/m1/s1. The van der Waals surface area contributed by atoms with Crippen molar-refractivity contribution in [2.75, 3.05) is 6.54 Å². The van der Waals surface area contributed by atoms with Crippen molar-refractivity contribution in [1.29, 1.82) is 0 Å². The molecule has 0 aromatic heterocycles. The van der Waals surface area contributed by atoms with Gasteiger partial charge >= 0.3 is 12.1 Å². The van der Waals surface area contributed by atoms with E-state index >= 15 is 0 Å². The van der Waals surface area contributed by atoms with Gasteiger partial charge in [0.15, 0.2) is 6.10 Å². The van der Waals surface area contributed by atoms with E-state index in [1.54, 1.807) is 0 Å². The van der Waals surface area contributed by atoms with Crippen molar-refractivity contribution in [1.82, 2.24) is 5.32 Å². The number of amides is 1. The molecule has 0 saturated carbocycles. The van der Waals surface area contributed by atoms with Crippen LogP contribution in [-0.4, -0.2) is 34.9 Å². The number of carboxylic acids is 1. The van der Waals surface area contributed by atoms with Crippen LogP contribution < -0.4 is 5.32 Å². The molecule has 1 atom stereocenters. The molecule has 0 unspecified atom stereocenters. The average Bonchev–Trinajstić information content (AvgIpc) is 2.37. The summed E-state index contributed by atoms with van der Waals surface area (Å²) in [6.45, 7) is 0.190. The predicted molar refractivity (Wildman–Crippen MR) is 62.9 cm³/mol. The van der Waals surface area contributed by atoms with Crippen molar-refractivity contribution < 1.29 is 24.5 Å². The van der Waals surface area contributed by atoms with Crippen LogP contribution in [-0.2, 0) is 16.1 Å². The number of ether oxygens (including phenoxy) is 1. The van der Waals surface area contributed by atoms with E-state index in [1.165, 1.54) is 0 Å². The third-order valence-corrected chi connectivity index (χ3v) is 2.18. The number of hydrogen-bond acceptors (Lipinski definition) is 4. The lowest BCUT2D eigenvalue weighted by Gasteiger charge is -2.08. The molecule has 0 heterocycles. The molecule has 1 aromatic carbocycles. The number of benzene rings is 1. The number of carbonyl (C=O) groups excluding carboxylic acids is 1. The van der Waals surface area contributed by atoms with Gasteiger partial charge in [0.2, 0.25) is 0 Å². The quantitative estimate of drug-likeness (QED) is 0.695. The van der Waals surface area contributed by atoms with Gasteiger partial charge in [0, 0.05) is 13.0 Å². The molecule has 1 amide bonds. The van der Waals surface area contributed by atoms with Gasteiger partial charge < -0.3 is 20.3 Å². The summed E-state index contributed by atoms with van der Waals surface area (Å²) in [5.41, 5.74) is 0.859. The van der Waals surface area contributed by atoms with Crippen LogP contribution in [0.25, 0.3) is 0 Å². The first-order valence-electron chi connectivity index (χ1n) is 5.45. The van der Waals surface area contributed by atoms with E-state index in [2.05, 4.69) is 5.32 Å². The summed E-state index contributed by atoms with van der Waals surface area (Å²) in [7, 11) is 0. The van der Waals surface area contributed by atoms with Crippen LogP contribution in [0.1, 0.15) is 12.0 Å². The number of aliphatic carboxylic acids is 1. The van der Waals surface area contributed by atoms with Crippen molar-refractivity contribution >= 4 is 12.1 Å². The van der Waals surface area contributed by atoms with Gasteiger partial charge in [-0.05, 0) is 5.56 Å². The van der Waals surface area contributed by atoms with Gasteiger partial charge in [-0.2, -0.15) is 0 Å². The molecule has 1 rings (SSSR count). The molecular formula is C12H15NO5. The Morgan fingerprint density at radius 3 is 2.56 bits per heavy atom. The number of hydrogen-bond donors (Lipinski definition) is 3. The molecule has 0 bridgehead atoms. The number of carbonyl (C=O) groups is 2. The molecule has 18 heavy (non-hydrogen) atoms. The van der Waals surface area contributed by atoms with Crippen molar-refractivity contribution in [2.45, 2.75) is 19.1 Å². The Balaban J connectivity index is 2.17. The Labute approximate surface area is 104 Å². The minimum Gasteiger partial charge on any atom is -0.479 e. The van der Waals surface area contributed by atoms with E-state index in [-0.39, 0.29) is 19.6 Å². The second kappa shape index (κ2) is 7.29. The molecule has 0 aliphatic rings. The van der Waals surface area contributed by atoms with Crippen LogP contribution in [0.3, 0.4) is 0 Å². The molecule has 0 radical (unpaired) electrons. The summed E-state index contributed by atoms with van der Waals surface area (Å²) in [6.07, 6.45) is -2.17. The van der Waals surface area contributed by atoms with Gasteiger partial charge in [0.05, 0.1) is 0 Å². The largest absolute Gasteiger partial charge is 0.479 e. The lowest BCUT2D eigenvalue weighted by Crippen LogP contribution is -2.30. The van der Waals surface area contributed by atoms with Crippen LogP contribution >= 0.6 is 0 Å². The van der Waals surface area contributed by atoms with Crippen molar-refractivity contribution in [3.8, 4) is 0 Å². The summed E-state index contributed by atoms with van der Waals surface area (Å²) in [6, 6.07) is 9.17. The summed E-state index contributed by atoms with van der Waals surface area (Å²) in [4.78, 5) is 21.5. The Hall–Kier alpha value is -2.08. The van der Waals surface area contributed by atoms with Gasteiger partial charge in [-0.15, -0.1) is 0 Å². The highest BCUT2D eigenvalue weighted by Crippen LogP contribution is 2.00. The van der Waals surface area contributed by atoms with E-state index in [0.717, 1.165) is 5.56 Å². The SMILES string of the molecule is O=C(NCC[C@@H](O)C(=O)O)OCc1ccccc1. The maximum absolute atomic E-state index is 11.2. The van der Waals surface area contributed by atoms with Crippen molar-refractivity contribution in [3.05, 3.63) is 35.9 Å². The molecule has 0 saturated heterocycles. The maximum atomic E-state index is 11.2. The minimum absolute atomic E-state index is 0.0427. The highest BCUT2D eigenvalue weighted by Gasteiger charge is 2.12. The first-order chi connectivity index (χ1) is 8.59. The van der Waals surface area contributed by atoms with Crippen LogP contribution in [0.4, 0.5) is 4.79 Å². The second-order valence-electron chi connectivity index (χ2n) is 3.63. The van der Waals surface area contributed by atoms with Crippen LogP contribution in [0.2, 0.25) is 0 Å². The molecule has 0 aliphatic carbocycles. The van der Waals surface area contributed by atoms with Crippen LogP contribution in [0.5, 0.6) is 0 Å². The van der Waals surface area contributed by atoms with Crippen LogP contribution in [0, 0.1) is 0 Å². The third-order valence-electron chi connectivity index (χ3n) is 2.18. The van der Waals surface area contributed by atoms with Gasteiger partial charge in [-0.3, -0.25) is 0 Å². The normalized spacial score (nSPS) is 11.6. The highest BCUT2D eigenvalue weighted by atomic mass is 16.5. The summed E-state index contributed by atoms with van der Waals surface area (Å²) >= 11 is 0. The van der Waals surface area contributed by atoms with Gasteiger partial charge in [0.1, 0.15) is 6.61 Å². The third kappa shape index (κ3) is 5.31. The van der Waals surface area contributed by atoms with E-state index in [1.807, 2.05) is 30.3 Å². The molecule has 98 valence electrons. The number of nitrogens with one attached hydrogen (secondary N) is 1.